The second kappa shape index (κ2) is 7.41. The van der Waals surface area contributed by atoms with Crippen molar-refractivity contribution in [1.29, 1.82) is 0 Å². The van der Waals surface area contributed by atoms with Crippen LogP contribution in [0.25, 0.3) is 5.69 Å². The van der Waals surface area contributed by atoms with Gasteiger partial charge in [-0.15, -0.1) is 0 Å². The molecule has 138 valence electrons. The fourth-order valence-electron chi connectivity index (χ4n) is 2.89. The van der Waals surface area contributed by atoms with Crippen molar-refractivity contribution in [3.63, 3.8) is 0 Å². The average molecular weight is 383 g/mol. The Morgan fingerprint density at radius 3 is 2.50 bits per heavy atom. The number of aromatic nitrogens is 2. The van der Waals surface area contributed by atoms with E-state index >= 15 is 0 Å². The lowest BCUT2D eigenvalue weighted by atomic mass is 10.2. The van der Waals surface area contributed by atoms with Crippen LogP contribution in [0.3, 0.4) is 0 Å². The largest absolute Gasteiger partial charge is 0.365 e. The van der Waals surface area contributed by atoms with Crippen molar-refractivity contribution in [3.05, 3.63) is 51.4 Å². The topological polar surface area (TPSA) is 58.4 Å². The summed E-state index contributed by atoms with van der Waals surface area (Å²) in [5.74, 6) is -1.58. The summed E-state index contributed by atoms with van der Waals surface area (Å²) in [6.07, 6.45) is 1.82. The van der Waals surface area contributed by atoms with Crippen LogP contribution >= 0.6 is 11.6 Å². The Kier molecular flexibility index (Phi) is 5.22. The van der Waals surface area contributed by atoms with Gasteiger partial charge in [0.15, 0.2) is 5.82 Å². The van der Waals surface area contributed by atoms with Gasteiger partial charge in [-0.3, -0.25) is 9.59 Å². The lowest BCUT2D eigenvalue weighted by molar-refractivity contribution is -0.131. The smallest absolute Gasteiger partial charge is 0.292 e. The molecule has 3 rings (SSSR count). The molecule has 2 aromatic rings. The maximum absolute atomic E-state index is 13.9. The van der Waals surface area contributed by atoms with Gasteiger partial charge in [-0.05, 0) is 12.1 Å². The van der Waals surface area contributed by atoms with Crippen LogP contribution in [0, 0.1) is 11.6 Å². The minimum atomic E-state index is -0.907. The maximum Gasteiger partial charge on any atom is 0.292 e. The van der Waals surface area contributed by atoms with Crippen LogP contribution in [-0.2, 0) is 4.79 Å². The summed E-state index contributed by atoms with van der Waals surface area (Å²) < 4.78 is 27.8. The Morgan fingerprint density at radius 2 is 1.88 bits per heavy atom. The second-order valence-corrected chi connectivity index (χ2v) is 6.26. The molecule has 0 atom stereocenters. The summed E-state index contributed by atoms with van der Waals surface area (Å²) in [5.41, 5.74) is -0.441. The van der Waals surface area contributed by atoms with E-state index < -0.39 is 17.2 Å². The number of carbonyl (C=O) groups is 1. The quantitative estimate of drug-likeness (QED) is 0.816. The molecule has 26 heavy (non-hydrogen) atoms. The number of carbonyl (C=O) groups excluding carboxylic acids is 1. The fourth-order valence-corrected chi connectivity index (χ4v) is 3.14. The first-order valence-corrected chi connectivity index (χ1v) is 8.56. The van der Waals surface area contributed by atoms with E-state index in [2.05, 4.69) is 5.10 Å². The van der Waals surface area contributed by atoms with Crippen LogP contribution in [0.2, 0.25) is 5.02 Å². The number of nitrogens with zero attached hydrogens (tertiary/aromatic N) is 4. The number of anilines is 1. The molecule has 0 bridgehead atoms. The molecule has 1 aromatic heterocycles. The normalized spacial score (nSPS) is 14.6. The van der Waals surface area contributed by atoms with Gasteiger partial charge in [-0.25, -0.2) is 8.78 Å². The van der Waals surface area contributed by atoms with Crippen molar-refractivity contribution >= 4 is 23.2 Å². The van der Waals surface area contributed by atoms with Crippen molar-refractivity contribution in [1.82, 2.24) is 14.7 Å². The van der Waals surface area contributed by atoms with E-state index in [9.17, 15) is 18.4 Å². The van der Waals surface area contributed by atoms with Crippen LogP contribution in [0.4, 0.5) is 14.5 Å². The summed E-state index contributed by atoms with van der Waals surface area (Å²) in [4.78, 5) is 27.9. The van der Waals surface area contributed by atoms with Gasteiger partial charge in [0.25, 0.3) is 5.56 Å². The molecule has 1 amide bonds. The minimum absolute atomic E-state index is 0.0797. The minimum Gasteiger partial charge on any atom is -0.365 e. The van der Waals surface area contributed by atoms with E-state index in [1.807, 2.05) is 11.8 Å². The van der Waals surface area contributed by atoms with Gasteiger partial charge < -0.3 is 9.80 Å². The number of amides is 1. The van der Waals surface area contributed by atoms with E-state index in [1.54, 1.807) is 4.90 Å². The zero-order valence-corrected chi connectivity index (χ0v) is 14.8. The second-order valence-electron chi connectivity index (χ2n) is 5.88. The summed E-state index contributed by atoms with van der Waals surface area (Å²) in [5, 5.41) is 3.88. The number of halogens is 3. The van der Waals surface area contributed by atoms with Crippen LogP contribution < -0.4 is 10.5 Å². The highest BCUT2D eigenvalue weighted by Crippen LogP contribution is 2.23. The first-order chi connectivity index (χ1) is 12.4. The molecule has 0 saturated carbocycles. The fraction of sp³-hybridized carbons (Fsp3) is 0.353. The highest BCUT2D eigenvalue weighted by atomic mass is 35.5. The molecule has 0 unspecified atom stereocenters. The monoisotopic (exact) mass is 382 g/mol. The summed E-state index contributed by atoms with van der Waals surface area (Å²) in [6.45, 7) is 3.89. The first-order valence-electron chi connectivity index (χ1n) is 8.18. The lowest BCUT2D eigenvalue weighted by Gasteiger charge is -2.36. The third-order valence-electron chi connectivity index (χ3n) is 4.31. The Hall–Kier alpha value is -2.48. The van der Waals surface area contributed by atoms with E-state index in [1.165, 1.54) is 6.20 Å². The van der Waals surface area contributed by atoms with Gasteiger partial charge in [0.2, 0.25) is 5.91 Å². The van der Waals surface area contributed by atoms with Crippen LogP contribution in [0.5, 0.6) is 0 Å². The molecule has 0 N–H and O–H groups in total. The molecular weight excluding hydrogens is 366 g/mol. The molecule has 1 fully saturated rings. The third-order valence-corrected chi connectivity index (χ3v) is 4.67. The van der Waals surface area contributed by atoms with Gasteiger partial charge in [0, 0.05) is 38.7 Å². The van der Waals surface area contributed by atoms with Crippen molar-refractivity contribution < 1.29 is 13.6 Å². The van der Waals surface area contributed by atoms with Crippen molar-refractivity contribution in [2.75, 3.05) is 31.1 Å². The number of rotatable bonds is 3. The molecule has 9 heteroatoms. The highest BCUT2D eigenvalue weighted by molar-refractivity contribution is 6.33. The predicted molar refractivity (Wildman–Crippen MR) is 93.8 cm³/mol. The van der Waals surface area contributed by atoms with Crippen molar-refractivity contribution in [3.8, 4) is 5.69 Å². The van der Waals surface area contributed by atoms with Crippen LogP contribution in [0.1, 0.15) is 13.3 Å². The molecule has 1 aliphatic rings. The molecule has 0 radical (unpaired) electrons. The summed E-state index contributed by atoms with van der Waals surface area (Å²) in [7, 11) is 0. The number of hydrogen-bond donors (Lipinski definition) is 0. The highest BCUT2D eigenvalue weighted by Gasteiger charge is 2.23. The SMILES string of the molecule is CCC(=O)N1CCN(c2cnn(-c3ccc(F)cc3F)c(=O)c2Cl)CC1. The maximum atomic E-state index is 13.9. The average Bonchev–Trinajstić information content (AvgIpc) is 2.64. The zero-order valence-electron chi connectivity index (χ0n) is 14.1. The number of hydrogen-bond acceptors (Lipinski definition) is 4. The molecule has 6 nitrogen and oxygen atoms in total. The Balaban J connectivity index is 1.87. The van der Waals surface area contributed by atoms with E-state index in [4.69, 9.17) is 11.6 Å². The van der Waals surface area contributed by atoms with Gasteiger partial charge in [-0.2, -0.15) is 9.78 Å². The first kappa shape index (κ1) is 18.3. The standard InChI is InChI=1S/C17H17ClF2N4O2/c1-2-15(25)23-7-5-22(6-8-23)14-10-21-24(17(26)16(14)18)13-4-3-11(19)9-12(13)20/h3-4,9-10H,2,5-8H2,1H3. The van der Waals surface area contributed by atoms with E-state index in [0.717, 1.165) is 16.8 Å². The summed E-state index contributed by atoms with van der Waals surface area (Å²) in [6, 6.07) is 2.84. The molecule has 0 aliphatic carbocycles. The molecule has 1 aromatic carbocycles. The summed E-state index contributed by atoms with van der Waals surface area (Å²) >= 11 is 6.20. The molecule has 1 saturated heterocycles. The van der Waals surface area contributed by atoms with Gasteiger partial charge >= 0.3 is 0 Å². The Bertz CT molecular complexity index is 895. The van der Waals surface area contributed by atoms with Gasteiger partial charge in [0.1, 0.15) is 16.5 Å². The van der Waals surface area contributed by atoms with E-state index in [0.29, 0.717) is 44.4 Å². The molecule has 0 spiro atoms. The predicted octanol–water partition coefficient (Wildman–Crippen LogP) is 2.22. The number of benzene rings is 1. The zero-order chi connectivity index (χ0) is 18.8. The third kappa shape index (κ3) is 3.41. The van der Waals surface area contributed by atoms with E-state index in [-0.39, 0.29) is 16.6 Å². The lowest BCUT2D eigenvalue weighted by Crippen LogP contribution is -2.49. The molecule has 1 aliphatic heterocycles. The van der Waals surface area contributed by atoms with Gasteiger partial charge in [0.05, 0.1) is 11.9 Å². The van der Waals surface area contributed by atoms with Gasteiger partial charge in [-0.1, -0.05) is 18.5 Å². The molecular formula is C17H17ClF2N4O2. The Labute approximate surface area is 153 Å². The van der Waals surface area contributed by atoms with Crippen LogP contribution in [0.15, 0.2) is 29.2 Å². The van der Waals surface area contributed by atoms with Crippen LogP contribution in [-0.4, -0.2) is 46.8 Å². The molecule has 2 heterocycles. The van der Waals surface area contributed by atoms with Crippen molar-refractivity contribution in [2.45, 2.75) is 13.3 Å². The van der Waals surface area contributed by atoms with Crippen molar-refractivity contribution in [2.24, 2.45) is 0 Å². The number of piperazine rings is 1. The Morgan fingerprint density at radius 1 is 1.19 bits per heavy atom.